The second-order valence-electron chi connectivity index (χ2n) is 4.11. The van der Waals surface area contributed by atoms with E-state index in [0.717, 1.165) is 32.8 Å². The normalized spacial score (nSPS) is 16.8. The van der Waals surface area contributed by atoms with E-state index in [1.54, 1.807) is 0 Å². The molecule has 0 radical (unpaired) electrons. The molecule has 0 spiro atoms. The van der Waals surface area contributed by atoms with Crippen LogP contribution in [0.2, 0.25) is 0 Å². The van der Waals surface area contributed by atoms with Gasteiger partial charge in [-0.3, -0.25) is 9.69 Å². The average Bonchev–Trinajstić information content (AvgIpc) is 2.45. The Hall–Kier alpha value is -1.59. The summed E-state index contributed by atoms with van der Waals surface area (Å²) in [5.74, 6) is 0.724. The van der Waals surface area contributed by atoms with Crippen LogP contribution < -0.4 is 0 Å². The van der Waals surface area contributed by atoms with Crippen molar-refractivity contribution in [3.63, 3.8) is 0 Å². The van der Waals surface area contributed by atoms with Gasteiger partial charge >= 0.3 is 0 Å². The largest absolute Gasteiger partial charge is 0.497 e. The molecule has 0 aliphatic carbocycles. The highest BCUT2D eigenvalue weighted by atomic mass is 16.5. The number of nitrogens with zero attached hydrogens (tertiary/aromatic N) is 1. The van der Waals surface area contributed by atoms with E-state index in [4.69, 9.17) is 14.2 Å². The topological polar surface area (TPSA) is 48.0 Å². The molecule has 106 valence electrons. The van der Waals surface area contributed by atoms with Crippen LogP contribution in [0, 0.1) is 0 Å². The van der Waals surface area contributed by atoms with E-state index in [2.05, 4.69) is 18.1 Å². The number of carbonyl (C=O) groups excluding carboxylic acids is 1. The second kappa shape index (κ2) is 8.50. The lowest BCUT2D eigenvalue weighted by Gasteiger charge is -2.26. The van der Waals surface area contributed by atoms with Gasteiger partial charge in [0, 0.05) is 19.6 Å². The van der Waals surface area contributed by atoms with Gasteiger partial charge in [-0.2, -0.15) is 0 Å². The fraction of sp³-hybridized carbons (Fsp3) is 0.500. The SMILES string of the molecule is C=C(/C=C(/C=O)C(=C)OCCN1CCOCC1)OC. The molecule has 5 heteroatoms. The molecule has 19 heavy (non-hydrogen) atoms. The van der Waals surface area contributed by atoms with Crippen LogP contribution >= 0.6 is 0 Å². The fourth-order valence-corrected chi connectivity index (χ4v) is 1.62. The second-order valence-corrected chi connectivity index (χ2v) is 4.11. The quantitative estimate of drug-likeness (QED) is 0.285. The lowest BCUT2D eigenvalue weighted by Crippen LogP contribution is -2.38. The predicted molar refractivity (Wildman–Crippen MR) is 72.6 cm³/mol. The summed E-state index contributed by atoms with van der Waals surface area (Å²) in [4.78, 5) is 13.2. The van der Waals surface area contributed by atoms with E-state index in [1.165, 1.54) is 13.2 Å². The maximum Gasteiger partial charge on any atom is 0.153 e. The number of carbonyl (C=O) groups is 1. The van der Waals surface area contributed by atoms with E-state index in [9.17, 15) is 4.79 Å². The van der Waals surface area contributed by atoms with Gasteiger partial charge in [-0.1, -0.05) is 13.2 Å². The van der Waals surface area contributed by atoms with Crippen molar-refractivity contribution in [3.8, 4) is 0 Å². The third kappa shape index (κ3) is 5.72. The third-order valence-electron chi connectivity index (χ3n) is 2.82. The first kappa shape index (κ1) is 15.5. The van der Waals surface area contributed by atoms with Crippen LogP contribution in [-0.4, -0.2) is 57.8 Å². The summed E-state index contributed by atoms with van der Waals surface area (Å²) in [5, 5.41) is 0. The molecule has 1 aliphatic rings. The Morgan fingerprint density at radius 2 is 2.05 bits per heavy atom. The van der Waals surface area contributed by atoms with Crippen LogP contribution in [0.5, 0.6) is 0 Å². The molecule has 1 aliphatic heterocycles. The number of allylic oxidation sites excluding steroid dienone is 2. The van der Waals surface area contributed by atoms with Crippen molar-refractivity contribution >= 4 is 6.29 Å². The van der Waals surface area contributed by atoms with Crippen molar-refractivity contribution in [1.29, 1.82) is 0 Å². The number of hydrogen-bond acceptors (Lipinski definition) is 5. The zero-order chi connectivity index (χ0) is 14.1. The minimum Gasteiger partial charge on any atom is -0.497 e. The maximum atomic E-state index is 10.9. The van der Waals surface area contributed by atoms with E-state index >= 15 is 0 Å². The molecule has 0 aromatic carbocycles. The van der Waals surface area contributed by atoms with Gasteiger partial charge in [0.15, 0.2) is 6.29 Å². The van der Waals surface area contributed by atoms with Gasteiger partial charge in [0.2, 0.25) is 0 Å². The smallest absolute Gasteiger partial charge is 0.153 e. The number of morpholine rings is 1. The number of methoxy groups -OCH3 is 1. The molecule has 0 atom stereocenters. The maximum absolute atomic E-state index is 10.9. The van der Waals surface area contributed by atoms with E-state index in [-0.39, 0.29) is 0 Å². The van der Waals surface area contributed by atoms with Crippen LogP contribution in [0.25, 0.3) is 0 Å². The molecular formula is C14H21NO4. The van der Waals surface area contributed by atoms with Gasteiger partial charge < -0.3 is 14.2 Å². The first-order valence-electron chi connectivity index (χ1n) is 6.19. The van der Waals surface area contributed by atoms with Gasteiger partial charge in [0.05, 0.1) is 25.9 Å². The van der Waals surface area contributed by atoms with Crippen LogP contribution in [-0.2, 0) is 19.0 Å². The Balaban J connectivity index is 2.34. The monoisotopic (exact) mass is 267 g/mol. The van der Waals surface area contributed by atoms with Gasteiger partial charge in [-0.25, -0.2) is 0 Å². The molecule has 1 heterocycles. The van der Waals surface area contributed by atoms with Crippen LogP contribution in [0.15, 0.2) is 36.3 Å². The van der Waals surface area contributed by atoms with Crippen molar-refractivity contribution in [1.82, 2.24) is 4.90 Å². The Labute approximate surface area is 114 Å². The number of aldehydes is 1. The summed E-state index contributed by atoms with van der Waals surface area (Å²) >= 11 is 0. The molecule has 0 aromatic rings. The van der Waals surface area contributed by atoms with Crippen LogP contribution in [0.1, 0.15) is 0 Å². The molecule has 0 amide bonds. The van der Waals surface area contributed by atoms with Crippen molar-refractivity contribution in [2.75, 3.05) is 46.6 Å². The Kier molecular flexibility index (Phi) is 6.92. The van der Waals surface area contributed by atoms with Crippen LogP contribution in [0.4, 0.5) is 0 Å². The average molecular weight is 267 g/mol. The van der Waals surface area contributed by atoms with Crippen molar-refractivity contribution < 1.29 is 19.0 Å². The van der Waals surface area contributed by atoms with Gasteiger partial charge in [0.25, 0.3) is 0 Å². The predicted octanol–water partition coefficient (Wildman–Crippen LogP) is 1.13. The molecule has 0 unspecified atom stereocenters. The Morgan fingerprint density at radius 3 is 2.63 bits per heavy atom. The lowest BCUT2D eigenvalue weighted by molar-refractivity contribution is -0.105. The van der Waals surface area contributed by atoms with Gasteiger partial charge in [-0.15, -0.1) is 0 Å². The number of rotatable bonds is 8. The van der Waals surface area contributed by atoms with E-state index < -0.39 is 0 Å². The summed E-state index contributed by atoms with van der Waals surface area (Å²) in [6.07, 6.45) is 2.19. The first-order valence-corrected chi connectivity index (χ1v) is 6.19. The van der Waals surface area contributed by atoms with Crippen molar-refractivity contribution in [2.24, 2.45) is 0 Å². The third-order valence-corrected chi connectivity index (χ3v) is 2.82. The number of ether oxygens (including phenoxy) is 3. The standard InChI is InChI=1S/C14H21NO4/c1-12(17-3)10-14(11-16)13(2)19-9-6-15-4-7-18-8-5-15/h10-11H,1-2,4-9H2,3H3/b14-10-. The zero-order valence-corrected chi connectivity index (χ0v) is 11.4. The first-order chi connectivity index (χ1) is 9.17. The van der Waals surface area contributed by atoms with E-state index in [1.807, 2.05) is 0 Å². The zero-order valence-electron chi connectivity index (χ0n) is 11.4. The lowest BCUT2D eigenvalue weighted by atomic mass is 10.2. The van der Waals surface area contributed by atoms with Gasteiger partial charge in [-0.05, 0) is 6.08 Å². The highest BCUT2D eigenvalue weighted by Crippen LogP contribution is 2.10. The van der Waals surface area contributed by atoms with Crippen molar-refractivity contribution in [3.05, 3.63) is 36.3 Å². The molecule has 0 bridgehead atoms. The molecule has 1 rings (SSSR count). The highest BCUT2D eigenvalue weighted by molar-refractivity contribution is 5.79. The summed E-state index contributed by atoms with van der Waals surface area (Å²) < 4.78 is 15.6. The van der Waals surface area contributed by atoms with Crippen LogP contribution in [0.3, 0.4) is 0 Å². The fourth-order valence-electron chi connectivity index (χ4n) is 1.62. The Morgan fingerprint density at radius 1 is 1.37 bits per heavy atom. The molecule has 1 fully saturated rings. The summed E-state index contributed by atoms with van der Waals surface area (Å²) in [6.45, 7) is 12.0. The molecule has 0 saturated carbocycles. The molecule has 0 N–H and O–H groups in total. The minimum atomic E-state index is 0.335. The van der Waals surface area contributed by atoms with Crippen molar-refractivity contribution in [2.45, 2.75) is 0 Å². The molecule has 0 aromatic heterocycles. The minimum absolute atomic E-state index is 0.335. The molecule has 5 nitrogen and oxygen atoms in total. The summed E-state index contributed by atoms with van der Waals surface area (Å²) in [7, 11) is 1.49. The van der Waals surface area contributed by atoms with Gasteiger partial charge in [0.1, 0.15) is 18.1 Å². The number of hydrogen-bond donors (Lipinski definition) is 0. The van der Waals surface area contributed by atoms with E-state index in [0.29, 0.717) is 30.0 Å². The summed E-state index contributed by atoms with van der Waals surface area (Å²) in [6, 6.07) is 0. The molecular weight excluding hydrogens is 246 g/mol. The Bertz CT molecular complexity index is 356. The highest BCUT2D eigenvalue weighted by Gasteiger charge is 2.10. The summed E-state index contributed by atoms with van der Waals surface area (Å²) in [5.41, 5.74) is 0.342. The molecule has 1 saturated heterocycles.